The van der Waals surface area contributed by atoms with Crippen LogP contribution in [-0.4, -0.2) is 37.7 Å². The zero-order valence-electron chi connectivity index (χ0n) is 12.3. The maximum absolute atomic E-state index is 5.31. The van der Waals surface area contributed by atoms with Gasteiger partial charge in [0.25, 0.3) is 0 Å². The highest BCUT2D eigenvalue weighted by Gasteiger charge is 2.12. The summed E-state index contributed by atoms with van der Waals surface area (Å²) in [5, 5.41) is 4.49. The molecule has 2 rings (SSSR count). The number of hydrogen-bond donors (Lipinski definition) is 1. The fourth-order valence-electron chi connectivity index (χ4n) is 2.07. The van der Waals surface area contributed by atoms with E-state index < -0.39 is 0 Å². The molecular weight excluding hydrogens is 272 g/mol. The first kappa shape index (κ1) is 15.0. The average molecular weight is 294 g/mol. The van der Waals surface area contributed by atoms with Crippen molar-refractivity contribution in [2.24, 2.45) is 4.99 Å². The van der Waals surface area contributed by atoms with E-state index in [1.807, 2.05) is 23.9 Å². The van der Waals surface area contributed by atoms with Crippen molar-refractivity contribution in [3.8, 4) is 11.5 Å². The summed E-state index contributed by atoms with van der Waals surface area (Å²) in [4.78, 5) is 4.62. The molecule has 110 valence electrons. The Morgan fingerprint density at radius 2 is 2.10 bits per heavy atom. The standard InChI is InChI=1S/C15H22N2O2S/c1-11-7-9-20-15(17-11)16-8-6-12-4-5-13(18-2)14(10-12)19-3/h4-5,10-11H,6-9H2,1-3H3,(H,16,17). The van der Waals surface area contributed by atoms with Crippen molar-refractivity contribution in [3.05, 3.63) is 23.8 Å². The van der Waals surface area contributed by atoms with E-state index in [0.717, 1.165) is 35.4 Å². The van der Waals surface area contributed by atoms with Crippen molar-refractivity contribution in [2.75, 3.05) is 26.5 Å². The molecule has 0 radical (unpaired) electrons. The predicted molar refractivity (Wildman–Crippen MR) is 85.2 cm³/mol. The first-order valence-corrected chi connectivity index (χ1v) is 7.86. The number of aliphatic imine (C=N–C) groups is 1. The van der Waals surface area contributed by atoms with Crippen molar-refractivity contribution < 1.29 is 9.47 Å². The molecule has 1 aliphatic rings. The minimum atomic E-state index is 0.538. The van der Waals surface area contributed by atoms with Gasteiger partial charge < -0.3 is 14.8 Å². The third-order valence-electron chi connectivity index (χ3n) is 3.26. The van der Waals surface area contributed by atoms with Crippen molar-refractivity contribution >= 4 is 16.9 Å². The van der Waals surface area contributed by atoms with Crippen LogP contribution in [0.25, 0.3) is 0 Å². The number of rotatable bonds is 5. The summed E-state index contributed by atoms with van der Waals surface area (Å²) < 4.78 is 10.5. The molecule has 1 aliphatic heterocycles. The number of hydrogen-bond acceptors (Lipinski definition) is 4. The van der Waals surface area contributed by atoms with Gasteiger partial charge >= 0.3 is 0 Å². The van der Waals surface area contributed by atoms with E-state index in [2.05, 4.69) is 23.3 Å². The lowest BCUT2D eigenvalue weighted by Gasteiger charge is -2.21. The van der Waals surface area contributed by atoms with Gasteiger partial charge in [-0.2, -0.15) is 0 Å². The molecule has 1 atom stereocenters. The largest absolute Gasteiger partial charge is 0.493 e. The molecule has 0 saturated carbocycles. The van der Waals surface area contributed by atoms with E-state index in [4.69, 9.17) is 9.47 Å². The normalized spacial score (nSPS) is 20.6. The van der Waals surface area contributed by atoms with Crippen LogP contribution in [0, 0.1) is 0 Å². The van der Waals surface area contributed by atoms with E-state index in [9.17, 15) is 0 Å². The molecular formula is C15H22N2O2S. The van der Waals surface area contributed by atoms with Crippen LogP contribution in [0.3, 0.4) is 0 Å². The van der Waals surface area contributed by atoms with Crippen molar-refractivity contribution in [3.63, 3.8) is 0 Å². The van der Waals surface area contributed by atoms with E-state index in [-0.39, 0.29) is 0 Å². The van der Waals surface area contributed by atoms with Gasteiger partial charge in [-0.25, -0.2) is 0 Å². The average Bonchev–Trinajstić information content (AvgIpc) is 2.47. The number of nitrogens with one attached hydrogen (secondary N) is 1. The van der Waals surface area contributed by atoms with Crippen LogP contribution < -0.4 is 14.8 Å². The van der Waals surface area contributed by atoms with Gasteiger partial charge in [0.1, 0.15) is 0 Å². The van der Waals surface area contributed by atoms with Crippen LogP contribution >= 0.6 is 11.8 Å². The Bertz CT molecular complexity index is 477. The van der Waals surface area contributed by atoms with Gasteiger partial charge in [-0.05, 0) is 37.5 Å². The van der Waals surface area contributed by atoms with E-state index in [1.165, 1.54) is 12.0 Å². The monoisotopic (exact) mass is 294 g/mol. The molecule has 0 spiro atoms. The molecule has 5 heteroatoms. The highest BCUT2D eigenvalue weighted by molar-refractivity contribution is 8.13. The van der Waals surface area contributed by atoms with E-state index >= 15 is 0 Å². The first-order chi connectivity index (χ1) is 9.72. The highest BCUT2D eigenvalue weighted by atomic mass is 32.2. The molecule has 4 nitrogen and oxygen atoms in total. The molecule has 1 aromatic carbocycles. The zero-order chi connectivity index (χ0) is 14.4. The summed E-state index contributed by atoms with van der Waals surface area (Å²) in [7, 11) is 3.31. The number of nitrogens with zero attached hydrogens (tertiary/aromatic N) is 1. The number of methoxy groups -OCH3 is 2. The first-order valence-electron chi connectivity index (χ1n) is 6.87. The second kappa shape index (κ2) is 7.43. The summed E-state index contributed by atoms with van der Waals surface area (Å²) in [6.45, 7) is 2.99. The van der Waals surface area contributed by atoms with Crippen LogP contribution in [0.4, 0.5) is 0 Å². The lowest BCUT2D eigenvalue weighted by Crippen LogP contribution is -2.35. The summed E-state index contributed by atoms with van der Waals surface area (Å²) in [6.07, 6.45) is 2.11. The SMILES string of the molecule is COc1ccc(CCN=C2NC(C)CCS2)cc1OC. The predicted octanol–water partition coefficient (Wildman–Crippen LogP) is 2.72. The minimum Gasteiger partial charge on any atom is -0.493 e. The van der Waals surface area contributed by atoms with Gasteiger partial charge in [-0.1, -0.05) is 17.8 Å². The maximum atomic E-state index is 5.31. The molecule has 0 bridgehead atoms. The Morgan fingerprint density at radius 3 is 2.80 bits per heavy atom. The molecule has 0 amide bonds. The van der Waals surface area contributed by atoms with Crippen molar-refractivity contribution in [2.45, 2.75) is 25.8 Å². The second-order valence-electron chi connectivity index (χ2n) is 4.81. The molecule has 1 heterocycles. The molecule has 1 N–H and O–H groups in total. The van der Waals surface area contributed by atoms with Crippen LogP contribution in [0.2, 0.25) is 0 Å². The molecule has 1 aromatic rings. The number of amidine groups is 1. The van der Waals surface area contributed by atoms with Gasteiger partial charge in [-0.3, -0.25) is 4.99 Å². The van der Waals surface area contributed by atoms with E-state index in [0.29, 0.717) is 6.04 Å². The summed E-state index contributed by atoms with van der Waals surface area (Å²) in [5.74, 6) is 2.70. The summed E-state index contributed by atoms with van der Waals surface area (Å²) >= 11 is 1.81. The highest BCUT2D eigenvalue weighted by Crippen LogP contribution is 2.27. The number of ether oxygens (including phenoxy) is 2. The molecule has 1 fully saturated rings. The lowest BCUT2D eigenvalue weighted by molar-refractivity contribution is 0.354. The van der Waals surface area contributed by atoms with Crippen LogP contribution in [-0.2, 0) is 6.42 Å². The minimum absolute atomic E-state index is 0.538. The van der Waals surface area contributed by atoms with Crippen molar-refractivity contribution in [1.29, 1.82) is 0 Å². The van der Waals surface area contributed by atoms with Crippen LogP contribution in [0.15, 0.2) is 23.2 Å². The molecule has 1 unspecified atom stereocenters. The molecule has 1 saturated heterocycles. The fourth-order valence-corrected chi connectivity index (χ4v) is 3.20. The lowest BCUT2D eigenvalue weighted by atomic mass is 10.1. The Kier molecular flexibility index (Phi) is 5.59. The molecule has 0 aromatic heterocycles. The third kappa shape index (κ3) is 4.07. The fraction of sp³-hybridized carbons (Fsp3) is 0.533. The number of benzene rings is 1. The summed E-state index contributed by atoms with van der Waals surface area (Å²) in [6, 6.07) is 6.56. The molecule has 0 aliphatic carbocycles. The van der Waals surface area contributed by atoms with Gasteiger partial charge in [0.2, 0.25) is 0 Å². The Hall–Kier alpha value is -1.36. The van der Waals surface area contributed by atoms with Gasteiger partial charge in [0, 0.05) is 18.3 Å². The third-order valence-corrected chi connectivity index (χ3v) is 4.22. The van der Waals surface area contributed by atoms with Crippen LogP contribution in [0.5, 0.6) is 11.5 Å². The zero-order valence-corrected chi connectivity index (χ0v) is 13.1. The van der Waals surface area contributed by atoms with Gasteiger partial charge in [0.05, 0.1) is 14.2 Å². The Morgan fingerprint density at radius 1 is 1.30 bits per heavy atom. The number of thioether (sulfide) groups is 1. The van der Waals surface area contributed by atoms with E-state index in [1.54, 1.807) is 14.2 Å². The molecule has 20 heavy (non-hydrogen) atoms. The topological polar surface area (TPSA) is 42.8 Å². The van der Waals surface area contributed by atoms with Crippen molar-refractivity contribution in [1.82, 2.24) is 5.32 Å². The maximum Gasteiger partial charge on any atom is 0.160 e. The Labute approximate surface area is 125 Å². The van der Waals surface area contributed by atoms with Crippen LogP contribution in [0.1, 0.15) is 18.9 Å². The van der Waals surface area contributed by atoms with Gasteiger partial charge in [0.15, 0.2) is 16.7 Å². The Balaban J connectivity index is 1.92. The van der Waals surface area contributed by atoms with Gasteiger partial charge in [-0.15, -0.1) is 0 Å². The summed E-state index contributed by atoms with van der Waals surface area (Å²) in [5.41, 5.74) is 1.21. The smallest absolute Gasteiger partial charge is 0.160 e. The quantitative estimate of drug-likeness (QED) is 0.907. The second-order valence-corrected chi connectivity index (χ2v) is 5.89.